The van der Waals surface area contributed by atoms with Gasteiger partial charge < -0.3 is 10.2 Å². The highest BCUT2D eigenvalue weighted by molar-refractivity contribution is 9.10. The van der Waals surface area contributed by atoms with E-state index in [0.717, 1.165) is 22.0 Å². The molecule has 1 saturated heterocycles. The summed E-state index contributed by atoms with van der Waals surface area (Å²) < 4.78 is 28.5. The van der Waals surface area contributed by atoms with Crippen LogP contribution in [0.1, 0.15) is 18.4 Å². The first-order valence-electron chi connectivity index (χ1n) is 10.8. The number of nitrogens with one attached hydrogen (secondary N) is 1. The lowest BCUT2D eigenvalue weighted by atomic mass is 10.2. The molecule has 0 bridgehead atoms. The maximum atomic E-state index is 13.4. The fourth-order valence-electron chi connectivity index (χ4n) is 3.81. The number of halogens is 1. The second-order valence-corrected chi connectivity index (χ2v) is 10.7. The molecular weight excluding hydrogens is 518 g/mol. The summed E-state index contributed by atoms with van der Waals surface area (Å²) in [5, 5.41) is 2.81. The van der Waals surface area contributed by atoms with E-state index < -0.39 is 15.9 Å². The van der Waals surface area contributed by atoms with Crippen molar-refractivity contribution in [2.45, 2.75) is 24.3 Å². The van der Waals surface area contributed by atoms with Gasteiger partial charge in [-0.2, -0.15) is 0 Å². The number of rotatable bonds is 8. The molecule has 2 amide bonds. The third-order valence-corrected chi connectivity index (χ3v) is 7.78. The summed E-state index contributed by atoms with van der Waals surface area (Å²) in [6.07, 6.45) is 1.38. The molecule has 1 aliphatic rings. The zero-order valence-electron chi connectivity index (χ0n) is 18.4. The molecule has 1 fully saturated rings. The smallest absolute Gasteiger partial charge is 0.264 e. The van der Waals surface area contributed by atoms with E-state index in [1.807, 2.05) is 24.3 Å². The lowest BCUT2D eigenvalue weighted by Crippen LogP contribution is -2.40. The molecule has 34 heavy (non-hydrogen) atoms. The number of nitrogens with zero attached hydrogens (tertiary/aromatic N) is 2. The number of amides is 2. The number of benzene rings is 3. The molecule has 0 spiro atoms. The lowest BCUT2D eigenvalue weighted by molar-refractivity contribution is -0.120. The third kappa shape index (κ3) is 5.48. The number of carbonyl (C=O) groups is 2. The van der Waals surface area contributed by atoms with Crippen LogP contribution in [0, 0.1) is 0 Å². The first-order chi connectivity index (χ1) is 16.3. The second-order valence-electron chi connectivity index (χ2n) is 7.90. The molecule has 176 valence electrons. The quantitative estimate of drug-likeness (QED) is 0.465. The zero-order valence-corrected chi connectivity index (χ0v) is 20.8. The van der Waals surface area contributed by atoms with Crippen LogP contribution in [0.4, 0.5) is 11.4 Å². The molecule has 1 N–H and O–H groups in total. The van der Waals surface area contributed by atoms with Crippen LogP contribution in [-0.2, 0) is 26.2 Å². The van der Waals surface area contributed by atoms with Crippen molar-refractivity contribution in [2.75, 3.05) is 22.3 Å². The van der Waals surface area contributed by atoms with Gasteiger partial charge in [0.2, 0.25) is 11.8 Å². The van der Waals surface area contributed by atoms with Crippen molar-refractivity contribution in [2.24, 2.45) is 0 Å². The molecule has 0 aromatic heterocycles. The molecule has 4 rings (SSSR count). The Balaban J connectivity index is 1.51. The van der Waals surface area contributed by atoms with Crippen molar-refractivity contribution >= 4 is 49.1 Å². The van der Waals surface area contributed by atoms with Gasteiger partial charge >= 0.3 is 0 Å². The molecule has 1 heterocycles. The molecule has 0 atom stereocenters. The monoisotopic (exact) mass is 541 g/mol. The topological polar surface area (TPSA) is 86.8 Å². The highest BCUT2D eigenvalue weighted by Crippen LogP contribution is 2.26. The summed E-state index contributed by atoms with van der Waals surface area (Å²) in [6, 6.07) is 22.3. The van der Waals surface area contributed by atoms with Gasteiger partial charge in [0.05, 0.1) is 10.6 Å². The summed E-state index contributed by atoms with van der Waals surface area (Å²) in [7, 11) is -3.97. The van der Waals surface area contributed by atoms with Crippen LogP contribution < -0.4 is 14.5 Å². The van der Waals surface area contributed by atoms with Gasteiger partial charge in [0.25, 0.3) is 10.0 Å². The standard InChI is InChI=1S/C25H24BrN3O4S/c26-20-8-5-10-22(16-20)29(34(32,33)23-11-2-1-3-12-23)18-24(30)27-17-19-7-4-9-21(15-19)28-14-6-13-25(28)31/h1-5,7-12,15-16H,6,13-14,17-18H2,(H,27,30). The second kappa shape index (κ2) is 10.4. The number of hydrogen-bond donors (Lipinski definition) is 1. The zero-order chi connectivity index (χ0) is 24.1. The largest absolute Gasteiger partial charge is 0.350 e. The van der Waals surface area contributed by atoms with Crippen LogP contribution in [0.5, 0.6) is 0 Å². The Hall–Kier alpha value is -3.17. The number of anilines is 2. The first-order valence-corrected chi connectivity index (χ1v) is 13.1. The molecule has 7 nitrogen and oxygen atoms in total. The summed E-state index contributed by atoms with van der Waals surface area (Å²) in [4.78, 5) is 26.7. The Labute approximate surface area is 207 Å². The van der Waals surface area contributed by atoms with Crippen LogP contribution >= 0.6 is 15.9 Å². The normalized spacial score (nSPS) is 13.7. The average molecular weight is 542 g/mol. The lowest BCUT2D eigenvalue weighted by Gasteiger charge is -2.24. The van der Waals surface area contributed by atoms with E-state index in [0.29, 0.717) is 23.1 Å². The van der Waals surface area contributed by atoms with E-state index in [1.165, 1.54) is 12.1 Å². The molecule has 9 heteroatoms. The van der Waals surface area contributed by atoms with E-state index in [2.05, 4.69) is 21.2 Å². The van der Waals surface area contributed by atoms with E-state index in [1.54, 1.807) is 47.4 Å². The Kier molecular flexibility index (Phi) is 7.33. The highest BCUT2D eigenvalue weighted by Gasteiger charge is 2.27. The number of hydrogen-bond acceptors (Lipinski definition) is 4. The Morgan fingerprint density at radius 2 is 1.76 bits per heavy atom. The summed E-state index contributed by atoms with van der Waals surface area (Å²) >= 11 is 3.37. The third-order valence-electron chi connectivity index (χ3n) is 5.50. The minimum atomic E-state index is -3.97. The highest BCUT2D eigenvalue weighted by atomic mass is 79.9. The van der Waals surface area contributed by atoms with Crippen LogP contribution in [0.25, 0.3) is 0 Å². The molecule has 3 aromatic rings. The van der Waals surface area contributed by atoms with Gasteiger partial charge in [-0.3, -0.25) is 13.9 Å². The van der Waals surface area contributed by atoms with Crippen LogP contribution in [0.3, 0.4) is 0 Å². The molecule has 0 aliphatic carbocycles. The summed E-state index contributed by atoms with van der Waals surface area (Å²) in [5.41, 5.74) is 2.00. The van der Waals surface area contributed by atoms with Crippen molar-refractivity contribution in [3.8, 4) is 0 Å². The minimum absolute atomic E-state index is 0.0944. The average Bonchev–Trinajstić information content (AvgIpc) is 3.27. The van der Waals surface area contributed by atoms with Gasteiger partial charge in [0, 0.05) is 29.7 Å². The van der Waals surface area contributed by atoms with Gasteiger partial charge in [0.1, 0.15) is 6.54 Å². The van der Waals surface area contributed by atoms with E-state index in [-0.39, 0.29) is 23.9 Å². The van der Waals surface area contributed by atoms with Crippen molar-refractivity contribution in [3.63, 3.8) is 0 Å². The molecule has 0 radical (unpaired) electrons. The van der Waals surface area contributed by atoms with Gasteiger partial charge in [-0.25, -0.2) is 8.42 Å². The molecule has 3 aromatic carbocycles. The fourth-order valence-corrected chi connectivity index (χ4v) is 5.63. The van der Waals surface area contributed by atoms with Crippen molar-refractivity contribution < 1.29 is 18.0 Å². The van der Waals surface area contributed by atoms with Gasteiger partial charge in [0.15, 0.2) is 0 Å². The first kappa shape index (κ1) is 24.0. The van der Waals surface area contributed by atoms with Crippen molar-refractivity contribution in [3.05, 3.63) is 88.9 Å². The van der Waals surface area contributed by atoms with E-state index in [9.17, 15) is 18.0 Å². The predicted octanol–water partition coefficient (Wildman–Crippen LogP) is 4.09. The molecule has 0 saturated carbocycles. The number of carbonyl (C=O) groups excluding carboxylic acids is 2. The fraction of sp³-hybridized carbons (Fsp3) is 0.200. The Morgan fingerprint density at radius 3 is 2.47 bits per heavy atom. The number of sulfonamides is 1. The van der Waals surface area contributed by atoms with Crippen LogP contribution in [0.2, 0.25) is 0 Å². The van der Waals surface area contributed by atoms with E-state index >= 15 is 0 Å². The molecule has 1 aliphatic heterocycles. The van der Waals surface area contributed by atoms with Crippen molar-refractivity contribution in [1.82, 2.24) is 5.32 Å². The van der Waals surface area contributed by atoms with E-state index in [4.69, 9.17) is 0 Å². The van der Waals surface area contributed by atoms with Gasteiger partial charge in [-0.05, 0) is 54.4 Å². The summed E-state index contributed by atoms with van der Waals surface area (Å²) in [6.45, 7) is 0.526. The minimum Gasteiger partial charge on any atom is -0.350 e. The van der Waals surface area contributed by atoms with Crippen LogP contribution in [0.15, 0.2) is 88.2 Å². The predicted molar refractivity (Wildman–Crippen MR) is 135 cm³/mol. The molecule has 0 unspecified atom stereocenters. The van der Waals surface area contributed by atoms with Gasteiger partial charge in [-0.1, -0.05) is 52.3 Å². The maximum Gasteiger partial charge on any atom is 0.264 e. The van der Waals surface area contributed by atoms with Crippen molar-refractivity contribution in [1.29, 1.82) is 0 Å². The SMILES string of the molecule is O=C(CN(c1cccc(Br)c1)S(=O)(=O)c1ccccc1)NCc1cccc(N2CCCC2=O)c1. The van der Waals surface area contributed by atoms with Gasteiger partial charge in [-0.15, -0.1) is 0 Å². The van der Waals surface area contributed by atoms with Crippen LogP contribution in [-0.4, -0.2) is 33.3 Å². The Morgan fingerprint density at radius 1 is 1.00 bits per heavy atom. The maximum absolute atomic E-state index is 13.4. The Bertz CT molecular complexity index is 1300. The summed E-state index contributed by atoms with van der Waals surface area (Å²) in [5.74, 6) is -0.348. The molecular formula is C25H24BrN3O4S.